The highest BCUT2D eigenvalue weighted by molar-refractivity contribution is 4.66. The smallest absolute Gasteiger partial charge is 0.000714 e. The van der Waals surface area contributed by atoms with Gasteiger partial charge in [-0.25, -0.2) is 0 Å². The Balaban J connectivity index is 4.05. The molecule has 1 nitrogen and oxygen atoms in total. The Hall–Kier alpha value is -0.0400. The SMILES string of the molecule is CCC(C)CN(CC(C)C)CC(C)CC. The third kappa shape index (κ3) is 7.84. The lowest BCUT2D eigenvalue weighted by atomic mass is 10.0. The average molecular weight is 213 g/mol. The molecule has 0 radical (unpaired) electrons. The van der Waals surface area contributed by atoms with Crippen LogP contribution in [0.3, 0.4) is 0 Å². The van der Waals surface area contributed by atoms with Gasteiger partial charge in [0.2, 0.25) is 0 Å². The van der Waals surface area contributed by atoms with Crippen molar-refractivity contribution in [1.82, 2.24) is 4.90 Å². The number of hydrogen-bond acceptors (Lipinski definition) is 1. The molecule has 0 spiro atoms. The third-order valence-electron chi connectivity index (χ3n) is 3.16. The van der Waals surface area contributed by atoms with Crippen molar-refractivity contribution >= 4 is 0 Å². The van der Waals surface area contributed by atoms with E-state index in [-0.39, 0.29) is 0 Å². The van der Waals surface area contributed by atoms with E-state index in [0.717, 1.165) is 17.8 Å². The summed E-state index contributed by atoms with van der Waals surface area (Å²) >= 11 is 0. The van der Waals surface area contributed by atoms with Gasteiger partial charge >= 0.3 is 0 Å². The molecule has 0 bridgehead atoms. The van der Waals surface area contributed by atoms with E-state index in [2.05, 4.69) is 46.4 Å². The van der Waals surface area contributed by atoms with Gasteiger partial charge in [-0.2, -0.15) is 0 Å². The van der Waals surface area contributed by atoms with Crippen LogP contribution in [0.15, 0.2) is 0 Å². The van der Waals surface area contributed by atoms with Crippen molar-refractivity contribution < 1.29 is 0 Å². The summed E-state index contributed by atoms with van der Waals surface area (Å²) < 4.78 is 0. The highest BCUT2D eigenvalue weighted by atomic mass is 15.1. The van der Waals surface area contributed by atoms with Crippen LogP contribution < -0.4 is 0 Å². The monoisotopic (exact) mass is 213 g/mol. The molecule has 1 heteroatoms. The van der Waals surface area contributed by atoms with Crippen LogP contribution in [0.2, 0.25) is 0 Å². The summed E-state index contributed by atoms with van der Waals surface area (Å²) in [7, 11) is 0. The highest BCUT2D eigenvalue weighted by Gasteiger charge is 2.13. The molecule has 0 aliphatic rings. The molecule has 0 fully saturated rings. The predicted molar refractivity (Wildman–Crippen MR) is 70.2 cm³/mol. The molecule has 0 saturated heterocycles. The van der Waals surface area contributed by atoms with E-state index in [1.54, 1.807) is 0 Å². The molecule has 0 aliphatic carbocycles. The van der Waals surface area contributed by atoms with Crippen LogP contribution in [0.5, 0.6) is 0 Å². The van der Waals surface area contributed by atoms with Crippen LogP contribution in [0, 0.1) is 17.8 Å². The number of nitrogens with zero attached hydrogens (tertiary/aromatic N) is 1. The van der Waals surface area contributed by atoms with Gasteiger partial charge in [0.25, 0.3) is 0 Å². The van der Waals surface area contributed by atoms with Crippen LogP contribution in [-0.4, -0.2) is 24.5 Å². The second kappa shape index (κ2) is 8.15. The predicted octanol–water partition coefficient (Wildman–Crippen LogP) is 4.04. The van der Waals surface area contributed by atoms with Gasteiger partial charge < -0.3 is 4.90 Å². The zero-order valence-electron chi connectivity index (χ0n) is 11.7. The van der Waals surface area contributed by atoms with Gasteiger partial charge in [0.15, 0.2) is 0 Å². The molecule has 0 saturated carbocycles. The summed E-state index contributed by atoms with van der Waals surface area (Å²) in [5.41, 5.74) is 0. The van der Waals surface area contributed by atoms with Crippen molar-refractivity contribution in [2.24, 2.45) is 17.8 Å². The van der Waals surface area contributed by atoms with Crippen molar-refractivity contribution in [3.05, 3.63) is 0 Å². The van der Waals surface area contributed by atoms with E-state index in [1.807, 2.05) is 0 Å². The zero-order chi connectivity index (χ0) is 11.8. The van der Waals surface area contributed by atoms with Crippen LogP contribution in [-0.2, 0) is 0 Å². The molecule has 92 valence electrons. The fourth-order valence-electron chi connectivity index (χ4n) is 1.88. The fourth-order valence-corrected chi connectivity index (χ4v) is 1.88. The molecule has 0 rings (SSSR count). The summed E-state index contributed by atoms with van der Waals surface area (Å²) in [5.74, 6) is 2.47. The molecule has 0 aromatic rings. The van der Waals surface area contributed by atoms with Crippen LogP contribution in [0.1, 0.15) is 54.4 Å². The van der Waals surface area contributed by atoms with E-state index < -0.39 is 0 Å². The Labute approximate surface area is 97.2 Å². The summed E-state index contributed by atoms with van der Waals surface area (Å²) in [4.78, 5) is 2.66. The van der Waals surface area contributed by atoms with Gasteiger partial charge in [0.1, 0.15) is 0 Å². The number of rotatable bonds is 8. The maximum Gasteiger partial charge on any atom is 0.000714 e. The second-order valence-electron chi connectivity index (χ2n) is 5.64. The van der Waals surface area contributed by atoms with Crippen molar-refractivity contribution in [1.29, 1.82) is 0 Å². The Morgan fingerprint density at radius 2 is 1.13 bits per heavy atom. The Bertz CT molecular complexity index is 130. The van der Waals surface area contributed by atoms with Crippen LogP contribution in [0.25, 0.3) is 0 Å². The fraction of sp³-hybridized carbons (Fsp3) is 1.00. The first-order valence-electron chi connectivity index (χ1n) is 6.71. The maximum absolute atomic E-state index is 2.66. The molecule has 2 unspecified atom stereocenters. The standard InChI is InChI=1S/C14H31N/c1-7-13(5)10-15(9-12(3)4)11-14(6)8-2/h12-14H,7-11H2,1-6H3. The Kier molecular flexibility index (Phi) is 8.13. The van der Waals surface area contributed by atoms with Crippen molar-refractivity contribution in [2.45, 2.75) is 54.4 Å². The van der Waals surface area contributed by atoms with E-state index >= 15 is 0 Å². The topological polar surface area (TPSA) is 3.24 Å². The van der Waals surface area contributed by atoms with Gasteiger partial charge in [-0.1, -0.05) is 54.4 Å². The van der Waals surface area contributed by atoms with E-state index in [4.69, 9.17) is 0 Å². The summed E-state index contributed by atoms with van der Waals surface area (Å²) in [6, 6.07) is 0. The molecule has 0 heterocycles. The average Bonchev–Trinajstić information content (AvgIpc) is 2.16. The van der Waals surface area contributed by atoms with Gasteiger partial charge in [-0.05, 0) is 17.8 Å². The van der Waals surface area contributed by atoms with E-state index in [1.165, 1.54) is 32.5 Å². The van der Waals surface area contributed by atoms with Gasteiger partial charge in [-0.3, -0.25) is 0 Å². The van der Waals surface area contributed by atoms with E-state index in [0.29, 0.717) is 0 Å². The summed E-state index contributed by atoms with van der Waals surface area (Å²) in [6.45, 7) is 17.8. The quantitative estimate of drug-likeness (QED) is 0.588. The van der Waals surface area contributed by atoms with Gasteiger partial charge in [0.05, 0.1) is 0 Å². The third-order valence-corrected chi connectivity index (χ3v) is 3.16. The number of hydrogen-bond donors (Lipinski definition) is 0. The Morgan fingerprint density at radius 3 is 1.40 bits per heavy atom. The molecule has 0 aromatic carbocycles. The summed E-state index contributed by atoms with van der Waals surface area (Å²) in [5, 5.41) is 0. The normalized spacial score (nSPS) is 16.0. The van der Waals surface area contributed by atoms with Crippen molar-refractivity contribution in [3.8, 4) is 0 Å². The van der Waals surface area contributed by atoms with Gasteiger partial charge in [0, 0.05) is 19.6 Å². The minimum Gasteiger partial charge on any atom is -0.303 e. The second-order valence-corrected chi connectivity index (χ2v) is 5.64. The first kappa shape index (κ1) is 15.0. The minimum atomic E-state index is 0.790. The lowest BCUT2D eigenvalue weighted by Gasteiger charge is -2.29. The molecular weight excluding hydrogens is 182 g/mol. The van der Waals surface area contributed by atoms with E-state index in [9.17, 15) is 0 Å². The van der Waals surface area contributed by atoms with Crippen LogP contribution >= 0.6 is 0 Å². The van der Waals surface area contributed by atoms with Gasteiger partial charge in [-0.15, -0.1) is 0 Å². The molecular formula is C14H31N. The van der Waals surface area contributed by atoms with Crippen LogP contribution in [0.4, 0.5) is 0 Å². The lowest BCUT2D eigenvalue weighted by molar-refractivity contribution is 0.185. The molecule has 0 N–H and O–H groups in total. The highest BCUT2D eigenvalue weighted by Crippen LogP contribution is 2.11. The van der Waals surface area contributed by atoms with Crippen molar-refractivity contribution in [2.75, 3.05) is 19.6 Å². The Morgan fingerprint density at radius 1 is 0.733 bits per heavy atom. The molecule has 0 aromatic heterocycles. The lowest BCUT2D eigenvalue weighted by Crippen LogP contribution is -2.35. The van der Waals surface area contributed by atoms with Crippen molar-refractivity contribution in [3.63, 3.8) is 0 Å². The molecule has 2 atom stereocenters. The molecule has 0 aliphatic heterocycles. The minimum absolute atomic E-state index is 0.790. The summed E-state index contributed by atoms with van der Waals surface area (Å²) in [6.07, 6.45) is 2.60. The maximum atomic E-state index is 2.66. The zero-order valence-corrected chi connectivity index (χ0v) is 11.7. The largest absolute Gasteiger partial charge is 0.303 e. The first-order chi connectivity index (χ1) is 6.99. The molecule has 0 amide bonds. The molecule has 15 heavy (non-hydrogen) atoms. The first-order valence-corrected chi connectivity index (χ1v) is 6.71.